The van der Waals surface area contributed by atoms with Gasteiger partial charge in [-0.25, -0.2) is 19.2 Å². The summed E-state index contributed by atoms with van der Waals surface area (Å²) in [6, 6.07) is 0. The molecule has 0 amide bonds. The molecule has 0 rings (SSSR count). The largest absolute Gasteiger partial charge is 0.459 e. The van der Waals surface area contributed by atoms with Gasteiger partial charge in [0.05, 0.1) is 0 Å². The molecule has 0 spiro atoms. The SMILES string of the molecule is C=CC(=O)OCC(CC)(COC(=O)C=C)OC(CCC)(COC(=O)C=C)COC(=O)C=C. The molecule has 0 fully saturated rings. The third-order valence-electron chi connectivity index (χ3n) is 4.36. The van der Waals surface area contributed by atoms with Crippen LogP contribution in [-0.4, -0.2) is 61.5 Å². The molecule has 0 aliphatic rings. The van der Waals surface area contributed by atoms with E-state index in [0.717, 1.165) is 24.3 Å². The van der Waals surface area contributed by atoms with Gasteiger partial charge in [-0.3, -0.25) is 0 Å². The van der Waals surface area contributed by atoms with E-state index in [1.165, 1.54) is 0 Å². The van der Waals surface area contributed by atoms with Gasteiger partial charge >= 0.3 is 23.9 Å². The highest BCUT2D eigenvalue weighted by atomic mass is 16.6. The van der Waals surface area contributed by atoms with E-state index in [0.29, 0.717) is 6.42 Å². The molecule has 178 valence electrons. The first kappa shape index (κ1) is 28.8. The quantitative estimate of drug-likeness (QED) is 0.187. The van der Waals surface area contributed by atoms with E-state index in [1.54, 1.807) is 6.92 Å². The Kier molecular flexibility index (Phi) is 13.3. The van der Waals surface area contributed by atoms with Crippen molar-refractivity contribution in [2.75, 3.05) is 26.4 Å². The molecule has 0 N–H and O–H groups in total. The van der Waals surface area contributed by atoms with Gasteiger partial charge in [-0.15, -0.1) is 0 Å². The lowest BCUT2D eigenvalue weighted by molar-refractivity contribution is -0.234. The lowest BCUT2D eigenvalue weighted by atomic mass is 9.95. The second-order valence-electron chi connectivity index (χ2n) is 6.82. The van der Waals surface area contributed by atoms with Crippen molar-refractivity contribution >= 4 is 23.9 Å². The van der Waals surface area contributed by atoms with Crippen molar-refractivity contribution in [2.45, 2.75) is 44.3 Å². The number of carbonyl (C=O) groups is 4. The van der Waals surface area contributed by atoms with Crippen LogP contribution in [0.15, 0.2) is 50.6 Å². The fourth-order valence-corrected chi connectivity index (χ4v) is 2.63. The third kappa shape index (κ3) is 10.2. The van der Waals surface area contributed by atoms with Crippen molar-refractivity contribution in [1.82, 2.24) is 0 Å². The zero-order valence-electron chi connectivity index (χ0n) is 18.8. The summed E-state index contributed by atoms with van der Waals surface area (Å²) in [7, 11) is 0. The third-order valence-corrected chi connectivity index (χ3v) is 4.36. The highest BCUT2D eigenvalue weighted by Gasteiger charge is 2.44. The Balaban J connectivity index is 6.13. The molecule has 0 saturated carbocycles. The fourth-order valence-electron chi connectivity index (χ4n) is 2.63. The molecular weight excluding hydrogens is 420 g/mol. The van der Waals surface area contributed by atoms with Gasteiger partial charge in [-0.1, -0.05) is 46.6 Å². The van der Waals surface area contributed by atoms with Crippen LogP contribution in [-0.2, 0) is 42.9 Å². The average Bonchev–Trinajstić information content (AvgIpc) is 2.82. The minimum atomic E-state index is -1.35. The lowest BCUT2D eigenvalue weighted by Crippen LogP contribution is -2.55. The number of hydrogen-bond acceptors (Lipinski definition) is 9. The normalized spacial score (nSPS) is 10.9. The van der Waals surface area contributed by atoms with E-state index in [4.69, 9.17) is 23.7 Å². The van der Waals surface area contributed by atoms with Gasteiger partial charge in [-0.2, -0.15) is 0 Å². The topological polar surface area (TPSA) is 114 Å². The number of ether oxygens (including phenoxy) is 5. The summed E-state index contributed by atoms with van der Waals surface area (Å²) in [4.78, 5) is 46.8. The molecule has 0 atom stereocenters. The van der Waals surface area contributed by atoms with Crippen LogP contribution in [0.5, 0.6) is 0 Å². The molecule has 9 heteroatoms. The Bertz CT molecular complexity index is 660. The molecule has 9 nitrogen and oxygen atoms in total. The van der Waals surface area contributed by atoms with Gasteiger partial charge in [0, 0.05) is 24.3 Å². The van der Waals surface area contributed by atoms with Gasteiger partial charge < -0.3 is 23.7 Å². The molecule has 0 heterocycles. The van der Waals surface area contributed by atoms with Crippen molar-refractivity contribution in [3.63, 3.8) is 0 Å². The molecule has 0 radical (unpaired) electrons. The maximum Gasteiger partial charge on any atom is 0.330 e. The summed E-state index contributed by atoms with van der Waals surface area (Å²) in [6.45, 7) is 15.8. The Morgan fingerprint density at radius 1 is 0.625 bits per heavy atom. The second-order valence-corrected chi connectivity index (χ2v) is 6.82. The number of carbonyl (C=O) groups excluding carboxylic acids is 4. The van der Waals surface area contributed by atoms with Gasteiger partial charge in [-0.05, 0) is 12.8 Å². The van der Waals surface area contributed by atoms with Crippen LogP contribution >= 0.6 is 0 Å². The fraction of sp³-hybridized carbons (Fsp3) is 0.478. The van der Waals surface area contributed by atoms with Crippen molar-refractivity contribution in [3.05, 3.63) is 50.6 Å². The zero-order chi connectivity index (χ0) is 24.6. The Labute approximate surface area is 188 Å². The van der Waals surface area contributed by atoms with Crippen LogP contribution < -0.4 is 0 Å². The minimum Gasteiger partial charge on any atom is -0.459 e. The summed E-state index contributed by atoms with van der Waals surface area (Å²) >= 11 is 0. The standard InChI is InChI=1S/C23H32O9/c1-7-13-23(16-30-20(26)10-4,17-31-21(27)11-5)32-22(12-6,14-28-18(24)8-2)15-29-19(25)9-3/h8-11H,2-5,7,12-17H2,1,6H3. The first-order chi connectivity index (χ1) is 15.1. The van der Waals surface area contributed by atoms with Crippen molar-refractivity contribution in [2.24, 2.45) is 0 Å². The summed E-state index contributed by atoms with van der Waals surface area (Å²) in [5.41, 5.74) is -2.70. The van der Waals surface area contributed by atoms with Crippen LogP contribution in [0.1, 0.15) is 33.1 Å². The first-order valence-electron chi connectivity index (χ1n) is 10.0. The summed E-state index contributed by atoms with van der Waals surface area (Å²) in [5.74, 6) is -2.83. The maximum absolute atomic E-state index is 11.7. The molecule has 0 saturated heterocycles. The van der Waals surface area contributed by atoms with E-state index >= 15 is 0 Å². The molecule has 0 unspecified atom stereocenters. The van der Waals surface area contributed by atoms with E-state index in [2.05, 4.69) is 26.3 Å². The first-order valence-corrected chi connectivity index (χ1v) is 10.0. The average molecular weight is 453 g/mol. The Morgan fingerprint density at radius 2 is 0.938 bits per heavy atom. The monoisotopic (exact) mass is 452 g/mol. The predicted molar refractivity (Wildman–Crippen MR) is 116 cm³/mol. The molecular formula is C23H32O9. The predicted octanol–water partition coefficient (Wildman–Crippen LogP) is 2.61. The van der Waals surface area contributed by atoms with Crippen molar-refractivity contribution in [3.8, 4) is 0 Å². The highest BCUT2D eigenvalue weighted by Crippen LogP contribution is 2.30. The van der Waals surface area contributed by atoms with Gasteiger partial charge in [0.25, 0.3) is 0 Å². The van der Waals surface area contributed by atoms with Gasteiger partial charge in [0.15, 0.2) is 0 Å². The molecule has 0 aromatic heterocycles. The number of rotatable bonds is 17. The van der Waals surface area contributed by atoms with Crippen LogP contribution in [0.25, 0.3) is 0 Å². The summed E-state index contributed by atoms with van der Waals surface area (Å²) in [5, 5.41) is 0. The van der Waals surface area contributed by atoms with Gasteiger partial charge in [0.2, 0.25) is 0 Å². The van der Waals surface area contributed by atoms with E-state index in [-0.39, 0.29) is 39.3 Å². The molecule has 0 bridgehead atoms. The van der Waals surface area contributed by atoms with Crippen LogP contribution in [0.4, 0.5) is 0 Å². The summed E-state index contributed by atoms with van der Waals surface area (Å²) < 4.78 is 27.1. The van der Waals surface area contributed by atoms with Crippen LogP contribution in [0.2, 0.25) is 0 Å². The smallest absolute Gasteiger partial charge is 0.330 e. The van der Waals surface area contributed by atoms with E-state index in [1.807, 2.05) is 6.92 Å². The molecule has 0 aliphatic carbocycles. The number of hydrogen-bond donors (Lipinski definition) is 0. The van der Waals surface area contributed by atoms with E-state index < -0.39 is 35.1 Å². The van der Waals surface area contributed by atoms with Gasteiger partial charge in [0.1, 0.15) is 37.6 Å². The molecule has 0 aromatic rings. The Morgan fingerprint density at radius 3 is 1.19 bits per heavy atom. The van der Waals surface area contributed by atoms with Crippen LogP contribution in [0.3, 0.4) is 0 Å². The zero-order valence-corrected chi connectivity index (χ0v) is 18.8. The summed E-state index contributed by atoms with van der Waals surface area (Å²) in [6.07, 6.45) is 4.98. The maximum atomic E-state index is 11.7. The van der Waals surface area contributed by atoms with Crippen molar-refractivity contribution < 1.29 is 42.9 Å². The van der Waals surface area contributed by atoms with E-state index in [9.17, 15) is 19.2 Å². The second kappa shape index (κ2) is 14.7. The number of esters is 4. The minimum absolute atomic E-state index is 0.220. The molecule has 0 aromatic carbocycles. The highest BCUT2D eigenvalue weighted by molar-refractivity contribution is 5.82. The molecule has 0 aliphatic heterocycles. The Hall–Kier alpha value is -3.20. The van der Waals surface area contributed by atoms with Crippen LogP contribution in [0, 0.1) is 0 Å². The lowest BCUT2D eigenvalue weighted by Gasteiger charge is -2.42. The molecule has 32 heavy (non-hydrogen) atoms. The van der Waals surface area contributed by atoms with Crippen molar-refractivity contribution in [1.29, 1.82) is 0 Å².